The molecule has 1 rings (SSSR count). The molecule has 0 heterocycles. The van der Waals surface area contributed by atoms with Crippen molar-refractivity contribution in [2.75, 3.05) is 0 Å². The molecule has 0 aliphatic carbocycles. The van der Waals surface area contributed by atoms with Crippen LogP contribution in [0.2, 0.25) is 0 Å². The maximum atomic E-state index is 12.0. The van der Waals surface area contributed by atoms with Gasteiger partial charge in [0.15, 0.2) is 0 Å². The van der Waals surface area contributed by atoms with Crippen LogP contribution in [-0.4, -0.2) is 16.9 Å². The summed E-state index contributed by atoms with van der Waals surface area (Å²) in [5, 5.41) is 10.0. The van der Waals surface area contributed by atoms with E-state index in [1.165, 1.54) is 5.56 Å². The molecule has 0 aliphatic rings. The number of hydrogen-bond acceptors (Lipinski definition) is 1. The van der Waals surface area contributed by atoms with Crippen LogP contribution in [0.15, 0.2) is 30.3 Å². The number of alkyl halides is 3. The summed E-state index contributed by atoms with van der Waals surface area (Å²) in [6, 6.07) is 9.88. The van der Waals surface area contributed by atoms with Crippen LogP contribution in [0.1, 0.15) is 44.6 Å². The Kier molecular flexibility index (Phi) is 5.85. The van der Waals surface area contributed by atoms with Gasteiger partial charge in [0.25, 0.3) is 0 Å². The Bertz CT molecular complexity index is 357. The summed E-state index contributed by atoms with van der Waals surface area (Å²) in [7, 11) is 0. The van der Waals surface area contributed by atoms with Crippen molar-refractivity contribution in [1.29, 1.82) is 0 Å². The Morgan fingerprint density at radius 3 is 2.11 bits per heavy atom. The first-order valence-corrected chi connectivity index (χ1v) is 6.62. The van der Waals surface area contributed by atoms with Crippen molar-refractivity contribution in [3.63, 3.8) is 0 Å². The smallest absolute Gasteiger partial charge is 0.389 e. The molecule has 0 aromatic heterocycles. The van der Waals surface area contributed by atoms with Gasteiger partial charge in [0.05, 0.1) is 5.60 Å². The molecule has 108 valence electrons. The van der Waals surface area contributed by atoms with Gasteiger partial charge in [-0.1, -0.05) is 30.3 Å². The quantitative estimate of drug-likeness (QED) is 0.776. The lowest BCUT2D eigenvalue weighted by molar-refractivity contribution is -0.137. The zero-order valence-electron chi connectivity index (χ0n) is 11.2. The number of rotatable bonds is 7. The highest BCUT2D eigenvalue weighted by atomic mass is 19.4. The third-order valence-electron chi connectivity index (χ3n) is 3.20. The number of halogens is 3. The zero-order chi connectivity index (χ0) is 14.4. The molecule has 4 heteroatoms. The van der Waals surface area contributed by atoms with E-state index in [1.54, 1.807) is 6.92 Å². The highest BCUT2D eigenvalue weighted by Gasteiger charge is 2.28. The second-order valence-corrected chi connectivity index (χ2v) is 5.30. The molecular weight excluding hydrogens is 253 g/mol. The molecule has 1 unspecified atom stereocenters. The minimum atomic E-state index is -4.12. The third-order valence-corrected chi connectivity index (χ3v) is 3.20. The van der Waals surface area contributed by atoms with Gasteiger partial charge in [0.1, 0.15) is 0 Å². The Labute approximate surface area is 112 Å². The second kappa shape index (κ2) is 6.94. The monoisotopic (exact) mass is 274 g/mol. The first-order valence-electron chi connectivity index (χ1n) is 6.62. The first-order chi connectivity index (χ1) is 8.79. The SMILES string of the molecule is CC(O)(CCCc1ccccc1)CCCC(F)(F)F. The number of hydrogen-bond donors (Lipinski definition) is 1. The van der Waals surface area contributed by atoms with Gasteiger partial charge >= 0.3 is 6.18 Å². The first kappa shape index (κ1) is 16.0. The summed E-state index contributed by atoms with van der Waals surface area (Å²) in [6.07, 6.45) is -2.61. The van der Waals surface area contributed by atoms with Gasteiger partial charge in [-0.25, -0.2) is 0 Å². The van der Waals surface area contributed by atoms with E-state index in [0.717, 1.165) is 12.8 Å². The molecule has 19 heavy (non-hydrogen) atoms. The van der Waals surface area contributed by atoms with E-state index < -0.39 is 18.2 Å². The molecule has 1 N–H and O–H groups in total. The zero-order valence-corrected chi connectivity index (χ0v) is 11.2. The summed E-state index contributed by atoms with van der Waals surface area (Å²) >= 11 is 0. The average molecular weight is 274 g/mol. The van der Waals surface area contributed by atoms with Gasteiger partial charge in [-0.15, -0.1) is 0 Å². The average Bonchev–Trinajstić information content (AvgIpc) is 2.28. The molecule has 1 atom stereocenters. The fourth-order valence-corrected chi connectivity index (χ4v) is 2.11. The van der Waals surface area contributed by atoms with Gasteiger partial charge in [0.2, 0.25) is 0 Å². The normalized spacial score (nSPS) is 15.2. The van der Waals surface area contributed by atoms with Crippen molar-refractivity contribution >= 4 is 0 Å². The highest BCUT2D eigenvalue weighted by molar-refractivity contribution is 5.14. The predicted molar refractivity (Wildman–Crippen MR) is 69.9 cm³/mol. The van der Waals surface area contributed by atoms with Crippen LogP contribution in [0.3, 0.4) is 0 Å². The number of aryl methyl sites for hydroxylation is 1. The molecule has 0 bridgehead atoms. The predicted octanol–water partition coefficient (Wildman–Crippen LogP) is 4.49. The molecule has 0 saturated carbocycles. The Hall–Kier alpha value is -1.03. The van der Waals surface area contributed by atoms with Crippen molar-refractivity contribution in [2.24, 2.45) is 0 Å². The fraction of sp³-hybridized carbons (Fsp3) is 0.600. The molecule has 0 aliphatic heterocycles. The molecule has 0 amide bonds. The lowest BCUT2D eigenvalue weighted by atomic mass is 9.92. The van der Waals surface area contributed by atoms with Crippen LogP contribution in [0, 0.1) is 0 Å². The molecule has 0 spiro atoms. The van der Waals surface area contributed by atoms with Gasteiger partial charge in [0, 0.05) is 6.42 Å². The molecule has 1 aromatic carbocycles. The molecule has 0 radical (unpaired) electrons. The summed E-state index contributed by atoms with van der Waals surface area (Å²) in [5.74, 6) is 0. The van der Waals surface area contributed by atoms with E-state index in [4.69, 9.17) is 0 Å². The topological polar surface area (TPSA) is 20.2 Å². The minimum Gasteiger partial charge on any atom is -0.390 e. The van der Waals surface area contributed by atoms with Crippen molar-refractivity contribution in [1.82, 2.24) is 0 Å². The van der Waals surface area contributed by atoms with E-state index in [9.17, 15) is 18.3 Å². The van der Waals surface area contributed by atoms with E-state index in [0.29, 0.717) is 6.42 Å². The Morgan fingerprint density at radius 2 is 1.53 bits per heavy atom. The standard InChI is InChI=1S/C15H21F3O/c1-14(19,11-6-12-15(16,17)18)10-5-9-13-7-3-2-4-8-13/h2-4,7-8,19H,5-6,9-12H2,1H3. The summed E-state index contributed by atoms with van der Waals surface area (Å²) in [4.78, 5) is 0. The Balaban J connectivity index is 2.23. The second-order valence-electron chi connectivity index (χ2n) is 5.30. The molecule has 0 fully saturated rings. The minimum absolute atomic E-state index is 0.0121. The van der Waals surface area contributed by atoms with Crippen LogP contribution in [0.25, 0.3) is 0 Å². The highest BCUT2D eigenvalue weighted by Crippen LogP contribution is 2.27. The maximum absolute atomic E-state index is 12.0. The van der Waals surface area contributed by atoms with Gasteiger partial charge < -0.3 is 5.11 Å². The van der Waals surface area contributed by atoms with Gasteiger partial charge in [-0.3, -0.25) is 0 Å². The number of benzene rings is 1. The molecular formula is C15H21F3O. The van der Waals surface area contributed by atoms with E-state index in [2.05, 4.69) is 0 Å². The van der Waals surface area contributed by atoms with Gasteiger partial charge in [-0.05, 0) is 44.6 Å². The van der Waals surface area contributed by atoms with Crippen LogP contribution < -0.4 is 0 Å². The lowest BCUT2D eigenvalue weighted by Crippen LogP contribution is -2.24. The molecule has 1 nitrogen and oxygen atoms in total. The fourth-order valence-electron chi connectivity index (χ4n) is 2.11. The summed E-state index contributed by atoms with van der Waals surface area (Å²) in [6.45, 7) is 1.62. The van der Waals surface area contributed by atoms with Crippen LogP contribution in [-0.2, 0) is 6.42 Å². The van der Waals surface area contributed by atoms with Crippen LogP contribution in [0.5, 0.6) is 0 Å². The van der Waals surface area contributed by atoms with E-state index in [1.807, 2.05) is 30.3 Å². The van der Waals surface area contributed by atoms with Crippen molar-refractivity contribution in [2.45, 2.75) is 57.2 Å². The Morgan fingerprint density at radius 1 is 0.947 bits per heavy atom. The van der Waals surface area contributed by atoms with E-state index >= 15 is 0 Å². The van der Waals surface area contributed by atoms with Crippen molar-refractivity contribution in [3.8, 4) is 0 Å². The van der Waals surface area contributed by atoms with Crippen LogP contribution >= 0.6 is 0 Å². The lowest BCUT2D eigenvalue weighted by Gasteiger charge is -2.23. The summed E-state index contributed by atoms with van der Waals surface area (Å²) < 4.78 is 36.1. The van der Waals surface area contributed by atoms with Crippen molar-refractivity contribution in [3.05, 3.63) is 35.9 Å². The number of aliphatic hydroxyl groups is 1. The largest absolute Gasteiger partial charge is 0.390 e. The van der Waals surface area contributed by atoms with Gasteiger partial charge in [-0.2, -0.15) is 13.2 Å². The molecule has 1 aromatic rings. The van der Waals surface area contributed by atoms with Crippen molar-refractivity contribution < 1.29 is 18.3 Å². The van der Waals surface area contributed by atoms with E-state index in [-0.39, 0.29) is 12.8 Å². The maximum Gasteiger partial charge on any atom is 0.389 e. The third kappa shape index (κ3) is 7.88. The molecule has 0 saturated heterocycles. The summed E-state index contributed by atoms with van der Waals surface area (Å²) in [5.41, 5.74) is 0.189. The van der Waals surface area contributed by atoms with Crippen LogP contribution in [0.4, 0.5) is 13.2 Å².